The number of nitrogens with zero attached hydrogens (tertiary/aromatic N) is 2. The van der Waals surface area contributed by atoms with Crippen LogP contribution in [0.2, 0.25) is 0 Å². The fourth-order valence-electron chi connectivity index (χ4n) is 3.29. The van der Waals surface area contributed by atoms with E-state index >= 15 is 0 Å². The molecule has 2 unspecified atom stereocenters. The Morgan fingerprint density at radius 1 is 1.30 bits per heavy atom. The summed E-state index contributed by atoms with van der Waals surface area (Å²) in [6, 6.07) is 8.06. The van der Waals surface area contributed by atoms with Crippen LogP contribution in [0, 0.1) is 5.41 Å². The third-order valence-electron chi connectivity index (χ3n) is 4.86. The van der Waals surface area contributed by atoms with Crippen LogP contribution in [0.25, 0.3) is 11.6 Å². The average Bonchev–Trinajstić information content (AvgIpc) is 2.76. The van der Waals surface area contributed by atoms with Gasteiger partial charge in [-0.15, -0.1) is 9.24 Å². The van der Waals surface area contributed by atoms with E-state index in [9.17, 15) is 5.11 Å². The lowest BCUT2D eigenvalue weighted by molar-refractivity contribution is 0.0342. The molecule has 1 fully saturated rings. The molecule has 1 aliphatic rings. The van der Waals surface area contributed by atoms with E-state index in [1.165, 1.54) is 18.0 Å². The number of pyridine rings is 1. The van der Waals surface area contributed by atoms with Crippen LogP contribution in [0.3, 0.4) is 0 Å². The molecule has 2 aromatic rings. The second-order valence-corrected chi connectivity index (χ2v) is 7.62. The summed E-state index contributed by atoms with van der Waals surface area (Å²) >= 11 is 0. The van der Waals surface area contributed by atoms with E-state index in [0.717, 1.165) is 55.0 Å². The van der Waals surface area contributed by atoms with Gasteiger partial charge < -0.3 is 26.3 Å². The van der Waals surface area contributed by atoms with Crippen molar-refractivity contribution in [1.29, 1.82) is 5.41 Å². The van der Waals surface area contributed by atoms with E-state index in [4.69, 9.17) is 15.9 Å². The topological polar surface area (TPSA) is 107 Å². The number of rotatable bonds is 8. The molecule has 158 valence electrons. The standard InChI is InChI=1S/C22H28N5O2P/c23-11-18(12-24)22-17(13-25-14-20(22)30)3-6-21(28)26-19-4-1-16(2-5-19)15-27-7-9-29-10-8-27/h1-6,11-14,21,23,26,28H,7-10,15,24,30H2/b6-3+,18-12?,23-11?. The summed E-state index contributed by atoms with van der Waals surface area (Å²) in [6.07, 6.45) is 8.50. The van der Waals surface area contributed by atoms with Crippen molar-refractivity contribution in [1.82, 2.24) is 9.88 Å². The predicted molar refractivity (Wildman–Crippen MR) is 126 cm³/mol. The van der Waals surface area contributed by atoms with Crippen molar-refractivity contribution < 1.29 is 9.84 Å². The number of aliphatic hydroxyl groups is 1. The Bertz CT molecular complexity index is 908. The minimum Gasteiger partial charge on any atom is -0.404 e. The van der Waals surface area contributed by atoms with Gasteiger partial charge in [-0.2, -0.15) is 0 Å². The summed E-state index contributed by atoms with van der Waals surface area (Å²) in [5, 5.41) is 21.8. The summed E-state index contributed by atoms with van der Waals surface area (Å²) in [6.45, 7) is 4.39. The number of anilines is 1. The maximum Gasteiger partial charge on any atom is 0.144 e. The first-order chi connectivity index (χ1) is 14.6. The Labute approximate surface area is 179 Å². The van der Waals surface area contributed by atoms with Gasteiger partial charge in [0.2, 0.25) is 0 Å². The fraction of sp³-hybridized carbons (Fsp3) is 0.273. The summed E-state index contributed by atoms with van der Waals surface area (Å²) < 4.78 is 5.38. The van der Waals surface area contributed by atoms with Crippen molar-refractivity contribution in [3.05, 3.63) is 65.6 Å². The molecule has 7 nitrogen and oxygen atoms in total. The summed E-state index contributed by atoms with van der Waals surface area (Å²) in [4.78, 5) is 6.55. The number of aromatic nitrogens is 1. The molecule has 30 heavy (non-hydrogen) atoms. The van der Waals surface area contributed by atoms with Gasteiger partial charge in [0.15, 0.2) is 0 Å². The van der Waals surface area contributed by atoms with E-state index < -0.39 is 6.23 Å². The summed E-state index contributed by atoms with van der Waals surface area (Å²) in [7, 11) is 2.60. The minimum atomic E-state index is -0.874. The highest BCUT2D eigenvalue weighted by atomic mass is 31.0. The van der Waals surface area contributed by atoms with Crippen LogP contribution in [0.1, 0.15) is 16.7 Å². The van der Waals surface area contributed by atoms with Crippen molar-refractivity contribution in [2.75, 3.05) is 31.6 Å². The molecular weight excluding hydrogens is 397 g/mol. The van der Waals surface area contributed by atoms with Gasteiger partial charge in [0.25, 0.3) is 0 Å². The van der Waals surface area contributed by atoms with E-state index in [2.05, 4.69) is 36.6 Å². The molecule has 1 aromatic heterocycles. The maximum atomic E-state index is 10.4. The van der Waals surface area contributed by atoms with Crippen LogP contribution in [0.4, 0.5) is 5.69 Å². The van der Waals surface area contributed by atoms with Crippen molar-refractivity contribution in [2.45, 2.75) is 12.8 Å². The van der Waals surface area contributed by atoms with E-state index in [1.54, 1.807) is 24.5 Å². The van der Waals surface area contributed by atoms with Gasteiger partial charge in [0.1, 0.15) is 6.23 Å². The van der Waals surface area contributed by atoms with Gasteiger partial charge in [0.05, 0.1) is 13.2 Å². The normalized spacial score (nSPS) is 16.5. The third kappa shape index (κ3) is 5.97. The van der Waals surface area contributed by atoms with Gasteiger partial charge >= 0.3 is 0 Å². The zero-order valence-corrected chi connectivity index (χ0v) is 17.9. The predicted octanol–water partition coefficient (Wildman–Crippen LogP) is 1.81. The number of hydrogen-bond donors (Lipinski definition) is 4. The average molecular weight is 425 g/mol. The fourth-order valence-corrected chi connectivity index (χ4v) is 3.71. The number of aliphatic hydroxyl groups excluding tert-OH is 1. The minimum absolute atomic E-state index is 0.584. The van der Waals surface area contributed by atoms with Crippen molar-refractivity contribution in [3.8, 4) is 0 Å². The number of benzene rings is 1. The van der Waals surface area contributed by atoms with Gasteiger partial charge in [0, 0.05) is 66.8 Å². The van der Waals surface area contributed by atoms with Crippen LogP contribution in [-0.2, 0) is 11.3 Å². The molecule has 0 aliphatic carbocycles. The van der Waals surface area contributed by atoms with E-state index in [0.29, 0.717) is 5.57 Å². The lowest BCUT2D eigenvalue weighted by Gasteiger charge is -2.26. The molecule has 0 saturated carbocycles. The molecule has 1 aromatic carbocycles. The molecule has 1 aliphatic heterocycles. The zero-order valence-electron chi connectivity index (χ0n) is 16.8. The van der Waals surface area contributed by atoms with Gasteiger partial charge in [-0.05, 0) is 29.1 Å². The molecule has 0 spiro atoms. The maximum absolute atomic E-state index is 10.4. The Morgan fingerprint density at radius 2 is 2.03 bits per heavy atom. The highest BCUT2D eigenvalue weighted by molar-refractivity contribution is 7.27. The molecule has 3 rings (SSSR count). The smallest absolute Gasteiger partial charge is 0.144 e. The largest absolute Gasteiger partial charge is 0.404 e. The van der Waals surface area contributed by atoms with E-state index in [-0.39, 0.29) is 0 Å². The van der Waals surface area contributed by atoms with Crippen molar-refractivity contribution in [2.24, 2.45) is 5.73 Å². The Hall–Kier alpha value is -2.57. The molecule has 0 bridgehead atoms. The van der Waals surface area contributed by atoms with Crippen LogP contribution in [0.15, 0.2) is 48.9 Å². The quantitative estimate of drug-likeness (QED) is 0.292. The molecular formula is C22H28N5O2P. The Morgan fingerprint density at radius 3 is 2.70 bits per heavy atom. The van der Waals surface area contributed by atoms with Crippen LogP contribution < -0.4 is 16.4 Å². The molecule has 2 atom stereocenters. The monoisotopic (exact) mass is 425 g/mol. The first kappa shape index (κ1) is 22.1. The second-order valence-electron chi connectivity index (χ2n) is 6.99. The number of allylic oxidation sites excluding steroid dienone is 1. The lowest BCUT2D eigenvalue weighted by Crippen LogP contribution is -2.35. The SMILES string of the molecule is N=CC(=CN)c1c(P)cncc1/C=C/C(O)Nc1ccc(CN2CCOCC2)cc1. The van der Waals surface area contributed by atoms with Crippen LogP contribution >= 0.6 is 9.24 Å². The van der Waals surface area contributed by atoms with Crippen LogP contribution in [0.5, 0.6) is 0 Å². The van der Waals surface area contributed by atoms with Gasteiger partial charge in [-0.3, -0.25) is 9.88 Å². The second kappa shape index (κ2) is 11.0. The Kier molecular flexibility index (Phi) is 8.11. The van der Waals surface area contributed by atoms with Crippen LogP contribution in [-0.4, -0.2) is 53.7 Å². The first-order valence-electron chi connectivity index (χ1n) is 9.78. The summed E-state index contributed by atoms with van der Waals surface area (Å²) in [5.74, 6) is 0. The summed E-state index contributed by atoms with van der Waals surface area (Å²) in [5.41, 5.74) is 9.85. The highest BCUT2D eigenvalue weighted by Gasteiger charge is 2.11. The number of nitrogens with two attached hydrogens (primary N) is 1. The molecule has 1 saturated heterocycles. The first-order valence-corrected chi connectivity index (χ1v) is 10.4. The third-order valence-corrected chi connectivity index (χ3v) is 5.30. The van der Waals surface area contributed by atoms with Crippen molar-refractivity contribution in [3.63, 3.8) is 0 Å². The molecule has 0 amide bonds. The number of ether oxygens (including phenoxy) is 1. The number of nitrogens with one attached hydrogen (secondary N) is 2. The van der Waals surface area contributed by atoms with Gasteiger partial charge in [-0.25, -0.2) is 0 Å². The number of hydrogen-bond acceptors (Lipinski definition) is 7. The number of morpholine rings is 1. The van der Waals surface area contributed by atoms with Crippen molar-refractivity contribution >= 4 is 38.1 Å². The lowest BCUT2D eigenvalue weighted by atomic mass is 10.0. The highest BCUT2D eigenvalue weighted by Crippen LogP contribution is 2.19. The van der Waals surface area contributed by atoms with E-state index in [1.807, 2.05) is 12.1 Å². The molecule has 5 N–H and O–H groups in total. The van der Waals surface area contributed by atoms with Gasteiger partial charge in [-0.1, -0.05) is 18.2 Å². The molecule has 8 heteroatoms. The Balaban J connectivity index is 1.63. The molecule has 0 radical (unpaired) electrons. The zero-order chi connectivity index (χ0) is 21.3. The molecule has 2 heterocycles.